The van der Waals surface area contributed by atoms with Crippen molar-refractivity contribution in [2.75, 3.05) is 6.54 Å². The lowest BCUT2D eigenvalue weighted by Crippen LogP contribution is -1.94. The maximum Gasteiger partial charge on any atom is 0.0267 e. The average molecular weight is 153 g/mol. The van der Waals surface area contributed by atoms with E-state index >= 15 is 0 Å². The van der Waals surface area contributed by atoms with E-state index in [-0.39, 0.29) is 0 Å². The van der Waals surface area contributed by atoms with Crippen molar-refractivity contribution in [1.82, 2.24) is 0 Å². The van der Waals surface area contributed by atoms with Crippen LogP contribution in [0.15, 0.2) is 23.6 Å². The lowest BCUT2D eigenvalue weighted by Gasteiger charge is -1.83. The van der Waals surface area contributed by atoms with Crippen LogP contribution in [0.1, 0.15) is 11.3 Å². The first-order chi connectivity index (χ1) is 4.93. The Bertz CT molecular complexity index is 189. The largest absolute Gasteiger partial charge is 0.330 e. The minimum Gasteiger partial charge on any atom is -0.330 e. The van der Waals surface area contributed by atoms with Gasteiger partial charge in [0.25, 0.3) is 0 Å². The Kier molecular flexibility index (Phi) is 3.19. The number of rotatable bonds is 3. The van der Waals surface area contributed by atoms with Gasteiger partial charge in [-0.15, -0.1) is 11.3 Å². The standard InChI is InChI=1S/C8H11NS/c9-6-2-1-4-8-5-3-7-10-8/h1,3-5,7H,2,6,9H2. The summed E-state index contributed by atoms with van der Waals surface area (Å²) in [5.74, 6) is 0. The van der Waals surface area contributed by atoms with Crippen LogP contribution in [0.25, 0.3) is 6.08 Å². The van der Waals surface area contributed by atoms with E-state index in [0.717, 1.165) is 13.0 Å². The van der Waals surface area contributed by atoms with Crippen LogP contribution in [0.2, 0.25) is 0 Å². The number of thiophene rings is 1. The Labute approximate surface area is 65.2 Å². The molecule has 0 bridgehead atoms. The molecule has 0 saturated carbocycles. The molecule has 0 radical (unpaired) electrons. The van der Waals surface area contributed by atoms with E-state index in [1.807, 2.05) is 6.07 Å². The van der Waals surface area contributed by atoms with Gasteiger partial charge >= 0.3 is 0 Å². The van der Waals surface area contributed by atoms with E-state index in [0.29, 0.717) is 0 Å². The van der Waals surface area contributed by atoms with Gasteiger partial charge in [-0.25, -0.2) is 0 Å². The van der Waals surface area contributed by atoms with Gasteiger partial charge in [0.05, 0.1) is 0 Å². The highest BCUT2D eigenvalue weighted by Crippen LogP contribution is 2.09. The van der Waals surface area contributed by atoms with Crippen LogP contribution in [0.3, 0.4) is 0 Å². The summed E-state index contributed by atoms with van der Waals surface area (Å²) < 4.78 is 0. The summed E-state index contributed by atoms with van der Waals surface area (Å²) in [5, 5.41) is 2.07. The molecule has 2 N–H and O–H groups in total. The molecule has 0 amide bonds. The Morgan fingerprint density at radius 1 is 1.60 bits per heavy atom. The third-order valence-electron chi connectivity index (χ3n) is 1.16. The van der Waals surface area contributed by atoms with Crippen molar-refractivity contribution < 1.29 is 0 Å². The van der Waals surface area contributed by atoms with Gasteiger partial charge in [0.1, 0.15) is 0 Å². The third-order valence-corrected chi connectivity index (χ3v) is 2.00. The monoisotopic (exact) mass is 153 g/mol. The van der Waals surface area contributed by atoms with E-state index in [9.17, 15) is 0 Å². The molecule has 0 aliphatic heterocycles. The molecule has 0 fully saturated rings. The maximum absolute atomic E-state index is 5.32. The van der Waals surface area contributed by atoms with Crippen LogP contribution >= 0.6 is 11.3 Å². The fourth-order valence-electron chi connectivity index (χ4n) is 0.682. The smallest absolute Gasteiger partial charge is 0.0267 e. The summed E-state index contributed by atoms with van der Waals surface area (Å²) in [7, 11) is 0. The zero-order chi connectivity index (χ0) is 7.23. The third kappa shape index (κ3) is 2.33. The van der Waals surface area contributed by atoms with Crippen LogP contribution in [0, 0.1) is 0 Å². The minimum absolute atomic E-state index is 0.738. The Morgan fingerprint density at radius 3 is 3.10 bits per heavy atom. The molecule has 1 heterocycles. The molecule has 0 aromatic carbocycles. The molecule has 0 unspecified atom stereocenters. The highest BCUT2D eigenvalue weighted by Gasteiger charge is 1.82. The van der Waals surface area contributed by atoms with Crippen molar-refractivity contribution in [2.45, 2.75) is 6.42 Å². The van der Waals surface area contributed by atoms with Gasteiger partial charge in [0.2, 0.25) is 0 Å². The molecular weight excluding hydrogens is 142 g/mol. The van der Waals surface area contributed by atoms with Crippen molar-refractivity contribution in [3.63, 3.8) is 0 Å². The van der Waals surface area contributed by atoms with Crippen LogP contribution < -0.4 is 5.73 Å². The first kappa shape index (κ1) is 7.51. The van der Waals surface area contributed by atoms with Crippen molar-refractivity contribution in [3.05, 3.63) is 28.5 Å². The normalized spacial score (nSPS) is 10.9. The quantitative estimate of drug-likeness (QED) is 0.707. The van der Waals surface area contributed by atoms with Gasteiger partial charge < -0.3 is 5.73 Å². The highest BCUT2D eigenvalue weighted by molar-refractivity contribution is 7.10. The lowest BCUT2D eigenvalue weighted by molar-refractivity contribution is 1.01. The van der Waals surface area contributed by atoms with Crippen LogP contribution in [0.4, 0.5) is 0 Å². The zero-order valence-electron chi connectivity index (χ0n) is 5.79. The zero-order valence-corrected chi connectivity index (χ0v) is 6.60. The van der Waals surface area contributed by atoms with Gasteiger partial charge in [0.15, 0.2) is 0 Å². The number of hydrogen-bond acceptors (Lipinski definition) is 2. The molecule has 10 heavy (non-hydrogen) atoms. The summed E-state index contributed by atoms with van der Waals surface area (Å²) in [6, 6.07) is 4.14. The molecule has 0 saturated heterocycles. The maximum atomic E-state index is 5.32. The van der Waals surface area contributed by atoms with Crippen molar-refractivity contribution in [2.24, 2.45) is 5.73 Å². The number of hydrogen-bond donors (Lipinski definition) is 1. The molecule has 0 atom stereocenters. The first-order valence-corrected chi connectivity index (χ1v) is 4.21. The van der Waals surface area contributed by atoms with Gasteiger partial charge in [-0.1, -0.05) is 12.1 Å². The van der Waals surface area contributed by atoms with Gasteiger partial charge in [-0.2, -0.15) is 0 Å². The molecule has 1 aromatic rings. The molecule has 0 spiro atoms. The van der Waals surface area contributed by atoms with Crippen LogP contribution in [-0.4, -0.2) is 6.54 Å². The summed E-state index contributed by atoms with van der Waals surface area (Å²) in [6.45, 7) is 0.738. The molecule has 1 nitrogen and oxygen atoms in total. The second kappa shape index (κ2) is 4.25. The molecule has 54 valence electrons. The van der Waals surface area contributed by atoms with E-state index in [2.05, 4.69) is 23.6 Å². The Morgan fingerprint density at radius 2 is 2.50 bits per heavy atom. The molecule has 1 rings (SSSR count). The summed E-state index contributed by atoms with van der Waals surface area (Å²) in [5.41, 5.74) is 5.32. The Balaban J connectivity index is 2.40. The molecule has 0 aliphatic carbocycles. The minimum atomic E-state index is 0.738. The second-order valence-electron chi connectivity index (χ2n) is 2.00. The molecule has 0 aliphatic rings. The van der Waals surface area contributed by atoms with Gasteiger partial charge in [-0.3, -0.25) is 0 Å². The second-order valence-corrected chi connectivity index (χ2v) is 2.97. The number of nitrogens with two attached hydrogens (primary N) is 1. The van der Waals surface area contributed by atoms with Crippen LogP contribution in [-0.2, 0) is 0 Å². The molecule has 1 aromatic heterocycles. The van der Waals surface area contributed by atoms with E-state index in [4.69, 9.17) is 5.73 Å². The summed E-state index contributed by atoms with van der Waals surface area (Å²) in [6.07, 6.45) is 5.18. The van der Waals surface area contributed by atoms with E-state index < -0.39 is 0 Å². The average Bonchev–Trinajstić information content (AvgIpc) is 2.41. The topological polar surface area (TPSA) is 26.0 Å². The first-order valence-electron chi connectivity index (χ1n) is 3.33. The van der Waals surface area contributed by atoms with E-state index in [1.54, 1.807) is 11.3 Å². The van der Waals surface area contributed by atoms with E-state index in [1.165, 1.54) is 4.88 Å². The highest BCUT2D eigenvalue weighted by atomic mass is 32.1. The fraction of sp³-hybridized carbons (Fsp3) is 0.250. The predicted octanol–water partition coefficient (Wildman–Crippen LogP) is 2.11. The summed E-state index contributed by atoms with van der Waals surface area (Å²) >= 11 is 1.75. The van der Waals surface area contributed by atoms with Crippen LogP contribution in [0.5, 0.6) is 0 Å². The SMILES string of the molecule is NCCC=Cc1cccs1. The van der Waals surface area contributed by atoms with Gasteiger partial charge in [0, 0.05) is 4.88 Å². The van der Waals surface area contributed by atoms with Gasteiger partial charge in [-0.05, 0) is 30.5 Å². The fourth-order valence-corrected chi connectivity index (χ4v) is 1.33. The molecular formula is C8H11NS. The van der Waals surface area contributed by atoms with Crippen molar-refractivity contribution in [3.8, 4) is 0 Å². The van der Waals surface area contributed by atoms with Crippen molar-refractivity contribution >= 4 is 17.4 Å². The lowest BCUT2D eigenvalue weighted by atomic mass is 10.3. The predicted molar refractivity (Wildman–Crippen MR) is 47.0 cm³/mol. The summed E-state index contributed by atoms with van der Waals surface area (Å²) in [4.78, 5) is 1.30. The molecule has 2 heteroatoms. The van der Waals surface area contributed by atoms with Crippen molar-refractivity contribution in [1.29, 1.82) is 0 Å². The Hall–Kier alpha value is -0.600.